The Kier molecular flexibility index (Phi) is 2.41. The molecule has 0 spiro atoms. The van der Waals surface area contributed by atoms with Crippen LogP contribution in [-0.2, 0) is 6.42 Å². The van der Waals surface area contributed by atoms with Crippen molar-refractivity contribution in [2.45, 2.75) is 25.8 Å². The van der Waals surface area contributed by atoms with Gasteiger partial charge in [0.05, 0.1) is 24.0 Å². The SMILES string of the molecule is Cc1cc(C#N)cc(F)c1C1CCc2cncn21. The van der Waals surface area contributed by atoms with Crippen LogP contribution in [0.1, 0.15) is 34.8 Å². The summed E-state index contributed by atoms with van der Waals surface area (Å²) >= 11 is 0. The molecule has 3 rings (SSSR count). The first kappa shape index (κ1) is 11.0. The van der Waals surface area contributed by atoms with E-state index in [1.54, 1.807) is 12.4 Å². The van der Waals surface area contributed by atoms with Gasteiger partial charge in [0.2, 0.25) is 0 Å². The van der Waals surface area contributed by atoms with Gasteiger partial charge in [-0.2, -0.15) is 5.26 Å². The van der Waals surface area contributed by atoms with Gasteiger partial charge in [0.1, 0.15) is 5.82 Å². The third-order valence-electron chi connectivity index (χ3n) is 3.55. The standard InChI is InChI=1S/C14H12FN3/c1-9-4-10(6-16)5-12(15)14(9)13-3-2-11-7-17-8-18(11)13/h4-5,7-8,13H,2-3H2,1H3. The molecular formula is C14H12FN3. The Morgan fingerprint density at radius 1 is 1.50 bits per heavy atom. The Labute approximate surface area is 105 Å². The van der Waals surface area contributed by atoms with Crippen LogP contribution in [0.15, 0.2) is 24.7 Å². The topological polar surface area (TPSA) is 41.6 Å². The molecule has 1 atom stereocenters. The number of rotatable bonds is 1. The van der Waals surface area contributed by atoms with E-state index < -0.39 is 0 Å². The van der Waals surface area contributed by atoms with Crippen LogP contribution in [0.25, 0.3) is 0 Å². The lowest BCUT2D eigenvalue weighted by atomic mass is 9.97. The first-order valence-electron chi connectivity index (χ1n) is 5.91. The number of nitrogens with zero attached hydrogens (tertiary/aromatic N) is 3. The molecule has 1 aromatic heterocycles. The highest BCUT2D eigenvalue weighted by atomic mass is 19.1. The van der Waals surface area contributed by atoms with Gasteiger partial charge in [-0.25, -0.2) is 9.37 Å². The van der Waals surface area contributed by atoms with Crippen molar-refractivity contribution in [3.8, 4) is 6.07 Å². The van der Waals surface area contributed by atoms with Gasteiger partial charge in [0.25, 0.3) is 0 Å². The van der Waals surface area contributed by atoms with Gasteiger partial charge in [0, 0.05) is 17.5 Å². The molecule has 0 saturated heterocycles. The number of aromatic nitrogens is 2. The van der Waals surface area contributed by atoms with E-state index >= 15 is 0 Å². The zero-order valence-corrected chi connectivity index (χ0v) is 10.0. The Morgan fingerprint density at radius 3 is 3.06 bits per heavy atom. The lowest BCUT2D eigenvalue weighted by Gasteiger charge is -2.17. The second kappa shape index (κ2) is 3.95. The summed E-state index contributed by atoms with van der Waals surface area (Å²) in [6.07, 6.45) is 5.39. The number of nitriles is 1. The molecule has 3 nitrogen and oxygen atoms in total. The van der Waals surface area contributed by atoms with E-state index in [-0.39, 0.29) is 11.9 Å². The molecule has 1 aliphatic heterocycles. The molecule has 2 heterocycles. The number of hydrogen-bond acceptors (Lipinski definition) is 2. The van der Waals surface area contributed by atoms with Crippen LogP contribution >= 0.6 is 0 Å². The second-order valence-corrected chi connectivity index (χ2v) is 4.65. The third-order valence-corrected chi connectivity index (χ3v) is 3.55. The molecule has 18 heavy (non-hydrogen) atoms. The van der Waals surface area contributed by atoms with E-state index in [4.69, 9.17) is 5.26 Å². The van der Waals surface area contributed by atoms with Gasteiger partial charge in [-0.05, 0) is 37.5 Å². The van der Waals surface area contributed by atoms with E-state index in [0.717, 1.165) is 24.1 Å². The van der Waals surface area contributed by atoms with Crippen LogP contribution < -0.4 is 0 Å². The summed E-state index contributed by atoms with van der Waals surface area (Å²) in [5.74, 6) is -0.293. The molecule has 1 unspecified atom stereocenters. The Hall–Kier alpha value is -2.15. The molecule has 90 valence electrons. The summed E-state index contributed by atoms with van der Waals surface area (Å²) in [4.78, 5) is 4.10. The number of fused-ring (bicyclic) bond motifs is 1. The van der Waals surface area contributed by atoms with Gasteiger partial charge in [-0.15, -0.1) is 0 Å². The molecule has 0 bridgehead atoms. The Bertz CT molecular complexity index is 628. The molecule has 2 aromatic rings. The van der Waals surface area contributed by atoms with E-state index in [0.29, 0.717) is 11.1 Å². The monoisotopic (exact) mass is 241 g/mol. The number of benzene rings is 1. The molecule has 0 saturated carbocycles. The van der Waals surface area contributed by atoms with Crippen molar-refractivity contribution in [1.29, 1.82) is 5.26 Å². The van der Waals surface area contributed by atoms with Crippen molar-refractivity contribution in [3.05, 3.63) is 52.9 Å². The Morgan fingerprint density at radius 2 is 2.33 bits per heavy atom. The van der Waals surface area contributed by atoms with Crippen molar-refractivity contribution in [3.63, 3.8) is 0 Å². The first-order chi connectivity index (χ1) is 8.70. The maximum absolute atomic E-state index is 14.2. The van der Waals surface area contributed by atoms with E-state index in [2.05, 4.69) is 4.98 Å². The summed E-state index contributed by atoms with van der Waals surface area (Å²) in [5.41, 5.74) is 3.03. The van der Waals surface area contributed by atoms with Crippen LogP contribution in [0.3, 0.4) is 0 Å². The molecule has 0 fully saturated rings. The molecule has 0 N–H and O–H groups in total. The third kappa shape index (κ3) is 1.52. The molecule has 0 aliphatic carbocycles. The predicted octanol–water partition coefficient (Wildman–Crippen LogP) is 2.74. The fourth-order valence-electron chi connectivity index (χ4n) is 2.76. The van der Waals surface area contributed by atoms with Crippen molar-refractivity contribution in [2.75, 3.05) is 0 Å². The minimum absolute atomic E-state index is 0.00948. The maximum Gasteiger partial charge on any atom is 0.130 e. The number of aryl methyl sites for hydroxylation is 2. The Balaban J connectivity index is 2.12. The lowest BCUT2D eigenvalue weighted by molar-refractivity contribution is 0.542. The highest BCUT2D eigenvalue weighted by Gasteiger charge is 2.27. The zero-order chi connectivity index (χ0) is 12.7. The maximum atomic E-state index is 14.2. The zero-order valence-electron chi connectivity index (χ0n) is 10.0. The predicted molar refractivity (Wildman–Crippen MR) is 64.5 cm³/mol. The van der Waals surface area contributed by atoms with Gasteiger partial charge >= 0.3 is 0 Å². The summed E-state index contributed by atoms with van der Waals surface area (Å²) in [7, 11) is 0. The summed E-state index contributed by atoms with van der Waals surface area (Å²) < 4.78 is 16.2. The van der Waals surface area contributed by atoms with Crippen LogP contribution in [0.2, 0.25) is 0 Å². The van der Waals surface area contributed by atoms with Gasteiger partial charge < -0.3 is 4.57 Å². The van der Waals surface area contributed by atoms with Crippen LogP contribution in [0.4, 0.5) is 4.39 Å². The molecule has 0 radical (unpaired) electrons. The summed E-state index contributed by atoms with van der Waals surface area (Å²) in [6.45, 7) is 1.86. The number of hydrogen-bond donors (Lipinski definition) is 0. The molecular weight excluding hydrogens is 229 g/mol. The van der Waals surface area contributed by atoms with E-state index in [9.17, 15) is 4.39 Å². The van der Waals surface area contributed by atoms with Crippen molar-refractivity contribution < 1.29 is 4.39 Å². The van der Waals surface area contributed by atoms with E-state index in [1.807, 2.05) is 23.8 Å². The molecule has 4 heteroatoms. The fourth-order valence-corrected chi connectivity index (χ4v) is 2.76. The first-order valence-corrected chi connectivity index (χ1v) is 5.91. The second-order valence-electron chi connectivity index (χ2n) is 4.65. The van der Waals surface area contributed by atoms with Crippen molar-refractivity contribution in [1.82, 2.24) is 9.55 Å². The fraction of sp³-hybridized carbons (Fsp3) is 0.286. The van der Waals surface area contributed by atoms with Gasteiger partial charge in [-0.1, -0.05) is 0 Å². The van der Waals surface area contributed by atoms with Crippen LogP contribution in [0.5, 0.6) is 0 Å². The van der Waals surface area contributed by atoms with Crippen molar-refractivity contribution >= 4 is 0 Å². The highest BCUT2D eigenvalue weighted by Crippen LogP contribution is 2.34. The highest BCUT2D eigenvalue weighted by molar-refractivity contribution is 5.41. The number of imidazole rings is 1. The molecule has 1 aromatic carbocycles. The molecule has 1 aliphatic rings. The normalized spacial score (nSPS) is 17.5. The minimum Gasteiger partial charge on any atom is -0.327 e. The van der Waals surface area contributed by atoms with Crippen LogP contribution in [-0.4, -0.2) is 9.55 Å². The van der Waals surface area contributed by atoms with Crippen LogP contribution in [0, 0.1) is 24.1 Å². The minimum atomic E-state index is -0.293. The largest absolute Gasteiger partial charge is 0.327 e. The average Bonchev–Trinajstić information content (AvgIpc) is 2.92. The van der Waals surface area contributed by atoms with Crippen molar-refractivity contribution in [2.24, 2.45) is 0 Å². The smallest absolute Gasteiger partial charge is 0.130 e. The van der Waals surface area contributed by atoms with Gasteiger partial charge in [0.15, 0.2) is 0 Å². The molecule has 0 amide bonds. The summed E-state index contributed by atoms with van der Waals surface area (Å²) in [6, 6.07) is 5.05. The lowest BCUT2D eigenvalue weighted by Crippen LogP contribution is -2.09. The van der Waals surface area contributed by atoms with E-state index in [1.165, 1.54) is 6.07 Å². The average molecular weight is 241 g/mol. The number of halogens is 1. The quantitative estimate of drug-likeness (QED) is 0.770. The van der Waals surface area contributed by atoms with Gasteiger partial charge in [-0.3, -0.25) is 0 Å². The summed E-state index contributed by atoms with van der Waals surface area (Å²) in [5, 5.41) is 8.84.